The number of carbonyl (C=O) groups excluding carboxylic acids is 1. The summed E-state index contributed by atoms with van der Waals surface area (Å²) >= 11 is 0. The molecule has 19 heavy (non-hydrogen) atoms. The van der Waals surface area contributed by atoms with Crippen LogP contribution in [0.3, 0.4) is 0 Å². The number of aromatic nitrogens is 2. The molecule has 1 aromatic carbocycles. The Balaban J connectivity index is 2.25. The van der Waals surface area contributed by atoms with Gasteiger partial charge in [0.2, 0.25) is 5.88 Å². The maximum atomic E-state index is 12.2. The number of carbonyl (C=O) groups is 1. The van der Waals surface area contributed by atoms with E-state index < -0.39 is 0 Å². The normalized spacial score (nSPS) is 10.3. The van der Waals surface area contributed by atoms with Crippen molar-refractivity contribution >= 4 is 5.78 Å². The first-order chi connectivity index (χ1) is 9.10. The summed E-state index contributed by atoms with van der Waals surface area (Å²) in [6.07, 6.45) is 3.31. The largest absolute Gasteiger partial charge is 0.479 e. The van der Waals surface area contributed by atoms with Crippen LogP contribution in [0.5, 0.6) is 5.88 Å². The Morgan fingerprint density at radius 1 is 1.11 bits per heavy atom. The Morgan fingerprint density at radius 2 is 1.74 bits per heavy atom. The van der Waals surface area contributed by atoms with Crippen LogP contribution in [0.1, 0.15) is 27.2 Å². The van der Waals surface area contributed by atoms with Gasteiger partial charge in [-0.3, -0.25) is 4.79 Å². The fourth-order valence-corrected chi connectivity index (χ4v) is 2.11. The third-order valence-corrected chi connectivity index (χ3v) is 2.77. The van der Waals surface area contributed by atoms with E-state index in [0.29, 0.717) is 6.42 Å². The molecule has 2 rings (SSSR count). The second kappa shape index (κ2) is 5.61. The molecule has 0 radical (unpaired) electrons. The Morgan fingerprint density at radius 3 is 2.37 bits per heavy atom. The highest BCUT2D eigenvalue weighted by atomic mass is 16.5. The van der Waals surface area contributed by atoms with Crippen molar-refractivity contribution < 1.29 is 9.53 Å². The molecule has 0 unspecified atom stereocenters. The summed E-state index contributed by atoms with van der Waals surface area (Å²) in [5, 5.41) is 0. The van der Waals surface area contributed by atoms with Gasteiger partial charge >= 0.3 is 0 Å². The quantitative estimate of drug-likeness (QED) is 0.789. The molecular weight excluding hydrogens is 240 g/mol. The molecule has 2 aromatic rings. The van der Waals surface area contributed by atoms with E-state index in [1.54, 1.807) is 0 Å². The van der Waals surface area contributed by atoms with E-state index in [1.807, 2.05) is 26.0 Å². The monoisotopic (exact) mass is 256 g/mol. The number of hydrogen-bond acceptors (Lipinski definition) is 4. The second-order valence-corrected chi connectivity index (χ2v) is 4.51. The maximum Gasteiger partial charge on any atom is 0.243 e. The molecule has 0 N–H and O–H groups in total. The van der Waals surface area contributed by atoms with E-state index in [1.165, 1.54) is 19.5 Å². The molecule has 1 heterocycles. The molecule has 4 heteroatoms. The molecule has 0 spiro atoms. The number of Topliss-reactive ketones (excluding diaryl/α,β-unsaturated/α-hetero) is 1. The molecule has 0 aliphatic carbocycles. The molecule has 98 valence electrons. The van der Waals surface area contributed by atoms with Crippen molar-refractivity contribution in [1.82, 2.24) is 9.97 Å². The molecule has 0 amide bonds. The van der Waals surface area contributed by atoms with Crippen molar-refractivity contribution in [3.05, 3.63) is 53.0 Å². The molecular formula is C15H16N2O2. The third-order valence-electron chi connectivity index (χ3n) is 2.77. The van der Waals surface area contributed by atoms with Crippen molar-refractivity contribution in [2.24, 2.45) is 0 Å². The maximum absolute atomic E-state index is 12.2. The van der Waals surface area contributed by atoms with Gasteiger partial charge in [-0.25, -0.2) is 9.97 Å². The number of ketones is 1. The lowest BCUT2D eigenvalue weighted by Gasteiger charge is -2.06. The number of hydrogen-bond donors (Lipinski definition) is 0. The van der Waals surface area contributed by atoms with Crippen molar-refractivity contribution in [3.8, 4) is 5.88 Å². The zero-order chi connectivity index (χ0) is 13.8. The predicted octanol–water partition coefficient (Wildman–Crippen LogP) is 2.53. The molecule has 4 nitrogen and oxygen atoms in total. The lowest BCUT2D eigenvalue weighted by Crippen LogP contribution is -2.09. The highest BCUT2D eigenvalue weighted by Gasteiger charge is 2.15. The average Bonchev–Trinajstić information content (AvgIpc) is 2.37. The summed E-state index contributed by atoms with van der Waals surface area (Å²) in [5.74, 6) is 0.187. The van der Waals surface area contributed by atoms with Gasteiger partial charge in [-0.2, -0.15) is 0 Å². The van der Waals surface area contributed by atoms with Crippen LogP contribution in [0, 0.1) is 13.8 Å². The Hall–Kier alpha value is -2.23. The minimum absolute atomic E-state index is 0.0880. The molecule has 0 fully saturated rings. The molecule has 0 saturated heterocycles. The van der Waals surface area contributed by atoms with E-state index >= 15 is 0 Å². The van der Waals surface area contributed by atoms with Gasteiger partial charge in [0, 0.05) is 18.8 Å². The smallest absolute Gasteiger partial charge is 0.243 e. The van der Waals surface area contributed by atoms with Crippen molar-refractivity contribution in [2.75, 3.05) is 7.11 Å². The topological polar surface area (TPSA) is 52.1 Å². The summed E-state index contributed by atoms with van der Waals surface area (Å²) in [6, 6.07) is 6.10. The molecule has 0 aliphatic heterocycles. The number of aryl methyl sites for hydroxylation is 2. The fraction of sp³-hybridized carbons (Fsp3) is 0.267. The van der Waals surface area contributed by atoms with Crippen LogP contribution in [0.15, 0.2) is 30.6 Å². The van der Waals surface area contributed by atoms with Gasteiger partial charge in [-0.1, -0.05) is 29.3 Å². The Labute approximate surface area is 112 Å². The molecule has 1 aromatic heterocycles. The van der Waals surface area contributed by atoms with Crippen molar-refractivity contribution in [3.63, 3.8) is 0 Å². The van der Waals surface area contributed by atoms with Gasteiger partial charge in [0.05, 0.1) is 7.11 Å². The van der Waals surface area contributed by atoms with Gasteiger partial charge in [0.1, 0.15) is 0 Å². The predicted molar refractivity (Wildman–Crippen MR) is 72.5 cm³/mol. The highest BCUT2D eigenvalue weighted by molar-refractivity contribution is 5.97. The average molecular weight is 256 g/mol. The second-order valence-electron chi connectivity index (χ2n) is 4.51. The molecule has 0 bridgehead atoms. The summed E-state index contributed by atoms with van der Waals surface area (Å²) in [5.41, 5.74) is 3.56. The van der Waals surface area contributed by atoms with Crippen LogP contribution in [-0.4, -0.2) is 22.9 Å². The summed E-state index contributed by atoms with van der Waals surface area (Å²) in [4.78, 5) is 20.3. The first kappa shape index (κ1) is 13.2. The first-order valence-corrected chi connectivity index (χ1v) is 6.05. The van der Waals surface area contributed by atoms with E-state index in [0.717, 1.165) is 16.7 Å². The minimum Gasteiger partial charge on any atom is -0.479 e. The van der Waals surface area contributed by atoms with Crippen LogP contribution in [0.25, 0.3) is 0 Å². The van der Waals surface area contributed by atoms with E-state index in [-0.39, 0.29) is 17.4 Å². The lowest BCUT2D eigenvalue weighted by molar-refractivity contribution is 0.0984. The zero-order valence-corrected chi connectivity index (χ0v) is 11.3. The van der Waals surface area contributed by atoms with Crippen LogP contribution in [0.2, 0.25) is 0 Å². The van der Waals surface area contributed by atoms with E-state index in [9.17, 15) is 4.79 Å². The van der Waals surface area contributed by atoms with Crippen LogP contribution < -0.4 is 4.74 Å². The summed E-state index contributed by atoms with van der Waals surface area (Å²) < 4.78 is 5.06. The molecule has 0 saturated carbocycles. The van der Waals surface area contributed by atoms with Crippen LogP contribution in [0.4, 0.5) is 0 Å². The lowest BCUT2D eigenvalue weighted by atomic mass is 10.0. The highest BCUT2D eigenvalue weighted by Crippen LogP contribution is 2.16. The third kappa shape index (κ3) is 3.16. The van der Waals surface area contributed by atoms with Crippen molar-refractivity contribution in [1.29, 1.82) is 0 Å². The van der Waals surface area contributed by atoms with Gasteiger partial charge in [0.25, 0.3) is 0 Å². The zero-order valence-electron chi connectivity index (χ0n) is 11.3. The number of ether oxygens (including phenoxy) is 1. The van der Waals surface area contributed by atoms with Crippen LogP contribution >= 0.6 is 0 Å². The standard InChI is InChI=1S/C15H16N2O2/c1-10-6-11(2)8-12(7-10)9-13(18)14-15(19-3)17-5-4-16-14/h4-8H,9H2,1-3H3. The van der Waals surface area contributed by atoms with Gasteiger partial charge < -0.3 is 4.74 Å². The first-order valence-electron chi connectivity index (χ1n) is 6.05. The number of nitrogens with zero attached hydrogens (tertiary/aromatic N) is 2. The SMILES string of the molecule is COc1nccnc1C(=O)Cc1cc(C)cc(C)c1. The summed E-state index contributed by atoms with van der Waals surface area (Å²) in [7, 11) is 1.48. The number of benzene rings is 1. The Kier molecular flexibility index (Phi) is 3.90. The van der Waals surface area contributed by atoms with E-state index in [2.05, 4.69) is 16.0 Å². The number of methoxy groups -OCH3 is 1. The van der Waals surface area contributed by atoms with Gasteiger partial charge in [-0.05, 0) is 19.4 Å². The number of rotatable bonds is 4. The van der Waals surface area contributed by atoms with Gasteiger partial charge in [-0.15, -0.1) is 0 Å². The minimum atomic E-state index is -0.0880. The Bertz CT molecular complexity index is 589. The van der Waals surface area contributed by atoms with Gasteiger partial charge in [0.15, 0.2) is 11.5 Å². The van der Waals surface area contributed by atoms with E-state index in [4.69, 9.17) is 4.74 Å². The summed E-state index contributed by atoms with van der Waals surface area (Å²) in [6.45, 7) is 4.04. The van der Waals surface area contributed by atoms with Crippen molar-refractivity contribution in [2.45, 2.75) is 20.3 Å². The molecule has 0 atom stereocenters. The fourth-order valence-electron chi connectivity index (χ4n) is 2.11. The van der Waals surface area contributed by atoms with Crippen LogP contribution in [-0.2, 0) is 6.42 Å². The molecule has 0 aliphatic rings.